The summed E-state index contributed by atoms with van der Waals surface area (Å²) in [6, 6.07) is 8.39. The maximum absolute atomic E-state index is 12.8. The van der Waals surface area contributed by atoms with Gasteiger partial charge in [-0.15, -0.1) is 0 Å². The topological polar surface area (TPSA) is 115 Å². The van der Waals surface area contributed by atoms with E-state index in [0.29, 0.717) is 18.8 Å². The Morgan fingerprint density at radius 3 is 2.61 bits per heavy atom. The van der Waals surface area contributed by atoms with E-state index in [0.717, 1.165) is 43.0 Å². The van der Waals surface area contributed by atoms with Crippen LogP contribution in [0.5, 0.6) is 0 Å². The average Bonchev–Trinajstić information content (AvgIpc) is 3.29. The highest BCUT2D eigenvalue weighted by atomic mass is 32.2. The molecule has 0 unspecified atom stereocenters. The number of nitrogens with zero attached hydrogens (tertiary/aromatic N) is 5. The van der Waals surface area contributed by atoms with Crippen molar-refractivity contribution in [3.05, 3.63) is 42.9 Å². The Bertz CT molecular complexity index is 1220. The van der Waals surface area contributed by atoms with Gasteiger partial charge in [-0.2, -0.15) is 4.31 Å². The quantitative estimate of drug-likeness (QED) is 0.514. The number of hydrogen-bond donors (Lipinski definition) is 2. The summed E-state index contributed by atoms with van der Waals surface area (Å²) < 4.78 is 26.9. The molecule has 176 valence electrons. The number of rotatable bonds is 8. The third-order valence-corrected chi connectivity index (χ3v) is 7.88. The molecule has 2 aromatic heterocycles. The van der Waals surface area contributed by atoms with Gasteiger partial charge in [0.25, 0.3) is 0 Å². The summed E-state index contributed by atoms with van der Waals surface area (Å²) in [7, 11) is -3.58. The summed E-state index contributed by atoms with van der Waals surface area (Å²) in [5, 5.41) is 3.83. The van der Waals surface area contributed by atoms with Gasteiger partial charge in [0.15, 0.2) is 0 Å². The fourth-order valence-corrected chi connectivity index (χ4v) is 5.58. The Morgan fingerprint density at radius 2 is 1.88 bits per heavy atom. The summed E-state index contributed by atoms with van der Waals surface area (Å²) in [6.45, 7) is 7.59. The molecule has 10 nitrogen and oxygen atoms in total. The Hall–Kier alpha value is -3.02. The van der Waals surface area contributed by atoms with E-state index in [1.165, 1.54) is 10.4 Å². The number of carbonyl (C=O) groups excluding carboxylic acids is 1. The van der Waals surface area contributed by atoms with Crippen molar-refractivity contribution in [3.8, 4) is 0 Å². The van der Waals surface area contributed by atoms with Crippen LogP contribution in [0.2, 0.25) is 0 Å². The van der Waals surface area contributed by atoms with Crippen LogP contribution in [0.25, 0.3) is 11.0 Å². The molecule has 1 fully saturated rings. The molecule has 1 amide bonds. The lowest BCUT2D eigenvalue weighted by atomic mass is 10.2. The Labute approximate surface area is 193 Å². The third-order valence-electron chi connectivity index (χ3n) is 5.83. The molecule has 0 bridgehead atoms. The lowest BCUT2D eigenvalue weighted by Crippen LogP contribution is -2.49. The summed E-state index contributed by atoms with van der Waals surface area (Å²) in [5.74, 6) is 0.729. The summed E-state index contributed by atoms with van der Waals surface area (Å²) in [6.07, 6.45) is 3.41. The number of sulfonamides is 1. The number of piperazine rings is 1. The minimum absolute atomic E-state index is 0.170. The first-order valence-electron chi connectivity index (χ1n) is 11.1. The number of benzene rings is 1. The highest BCUT2D eigenvalue weighted by Gasteiger charge is 2.23. The monoisotopic (exact) mass is 471 g/mol. The van der Waals surface area contributed by atoms with Crippen LogP contribution in [-0.2, 0) is 14.8 Å². The second kappa shape index (κ2) is 9.86. The molecule has 0 radical (unpaired) electrons. The first-order valence-corrected chi connectivity index (χ1v) is 12.5. The van der Waals surface area contributed by atoms with Crippen LogP contribution in [0.1, 0.15) is 13.8 Å². The normalized spacial score (nSPS) is 15.3. The molecule has 11 heteroatoms. The zero-order valence-corrected chi connectivity index (χ0v) is 19.7. The van der Waals surface area contributed by atoms with Crippen LogP contribution in [0.4, 0.5) is 11.5 Å². The molecule has 0 atom stereocenters. The van der Waals surface area contributed by atoms with Crippen LogP contribution in [0, 0.1) is 0 Å². The Balaban J connectivity index is 1.34. The molecule has 1 aromatic carbocycles. The number of aromatic amines is 1. The molecule has 3 heterocycles. The predicted octanol–water partition coefficient (Wildman–Crippen LogP) is 1.75. The maximum atomic E-state index is 12.8. The number of H-pyrrole nitrogens is 1. The smallest absolute Gasteiger partial charge is 0.243 e. The minimum atomic E-state index is -3.58. The zero-order chi connectivity index (χ0) is 23.4. The molecule has 3 aromatic rings. The van der Waals surface area contributed by atoms with Gasteiger partial charge in [0.2, 0.25) is 15.9 Å². The number of hydrogen-bond acceptors (Lipinski definition) is 7. The summed E-state index contributed by atoms with van der Waals surface area (Å²) >= 11 is 0. The number of aromatic nitrogens is 3. The third kappa shape index (κ3) is 5.00. The Morgan fingerprint density at radius 1 is 1.12 bits per heavy atom. The number of carbonyl (C=O) groups is 1. The van der Waals surface area contributed by atoms with Crippen LogP contribution in [0.15, 0.2) is 47.8 Å². The van der Waals surface area contributed by atoms with Gasteiger partial charge in [0, 0.05) is 51.2 Å². The van der Waals surface area contributed by atoms with Crippen molar-refractivity contribution in [2.75, 3.05) is 56.0 Å². The van der Waals surface area contributed by atoms with Gasteiger partial charge < -0.3 is 15.2 Å². The zero-order valence-electron chi connectivity index (χ0n) is 18.9. The summed E-state index contributed by atoms with van der Waals surface area (Å²) in [4.78, 5) is 28.9. The number of amides is 1. The number of fused-ring (bicyclic) bond motifs is 1. The van der Waals surface area contributed by atoms with Gasteiger partial charge in [-0.1, -0.05) is 19.9 Å². The largest absolute Gasteiger partial charge is 0.353 e. The van der Waals surface area contributed by atoms with Gasteiger partial charge in [-0.25, -0.2) is 18.4 Å². The van der Waals surface area contributed by atoms with E-state index in [-0.39, 0.29) is 17.3 Å². The van der Waals surface area contributed by atoms with Crippen molar-refractivity contribution in [1.29, 1.82) is 0 Å². The maximum Gasteiger partial charge on any atom is 0.243 e. The van der Waals surface area contributed by atoms with E-state index in [1.807, 2.05) is 12.3 Å². The van der Waals surface area contributed by atoms with Gasteiger partial charge in [0.05, 0.1) is 16.8 Å². The van der Waals surface area contributed by atoms with E-state index >= 15 is 0 Å². The minimum Gasteiger partial charge on any atom is -0.353 e. The molecule has 0 saturated carbocycles. The van der Waals surface area contributed by atoms with E-state index < -0.39 is 10.0 Å². The van der Waals surface area contributed by atoms with Crippen molar-refractivity contribution in [1.82, 2.24) is 24.2 Å². The SMILES string of the molecule is CCN(CC)S(=O)(=O)c1cccc(NC(=O)CN2CCN(c3ncnc4[nH]ccc34)CC2)c1. The molecular weight excluding hydrogens is 442 g/mol. The van der Waals surface area contributed by atoms with Gasteiger partial charge in [-0.3, -0.25) is 9.69 Å². The molecule has 2 N–H and O–H groups in total. The molecule has 4 rings (SSSR count). The first kappa shape index (κ1) is 23.1. The van der Waals surface area contributed by atoms with Crippen molar-refractivity contribution < 1.29 is 13.2 Å². The van der Waals surface area contributed by atoms with E-state index in [9.17, 15) is 13.2 Å². The lowest BCUT2D eigenvalue weighted by Gasteiger charge is -2.35. The molecule has 1 saturated heterocycles. The molecule has 1 aliphatic rings. The second-order valence-electron chi connectivity index (χ2n) is 7.87. The van der Waals surface area contributed by atoms with E-state index in [2.05, 4.69) is 30.1 Å². The molecular formula is C22H29N7O3S. The molecule has 0 aliphatic carbocycles. The predicted molar refractivity (Wildman–Crippen MR) is 128 cm³/mol. The number of nitrogens with one attached hydrogen (secondary N) is 2. The first-order chi connectivity index (χ1) is 15.9. The van der Waals surface area contributed by atoms with Crippen LogP contribution in [0.3, 0.4) is 0 Å². The molecule has 1 aliphatic heterocycles. The summed E-state index contributed by atoms with van der Waals surface area (Å²) in [5.41, 5.74) is 1.29. The number of anilines is 2. The van der Waals surface area contributed by atoms with Crippen LogP contribution >= 0.6 is 0 Å². The van der Waals surface area contributed by atoms with Crippen molar-refractivity contribution in [3.63, 3.8) is 0 Å². The van der Waals surface area contributed by atoms with Gasteiger partial charge in [-0.05, 0) is 24.3 Å². The van der Waals surface area contributed by atoms with Crippen molar-refractivity contribution in [2.45, 2.75) is 18.7 Å². The van der Waals surface area contributed by atoms with Crippen molar-refractivity contribution in [2.24, 2.45) is 0 Å². The second-order valence-corrected chi connectivity index (χ2v) is 9.80. The fourth-order valence-electron chi connectivity index (χ4n) is 4.08. The highest BCUT2D eigenvalue weighted by Crippen LogP contribution is 2.23. The lowest BCUT2D eigenvalue weighted by molar-refractivity contribution is -0.117. The van der Waals surface area contributed by atoms with E-state index in [1.54, 1.807) is 38.4 Å². The Kier molecular flexibility index (Phi) is 6.91. The average molecular weight is 472 g/mol. The standard InChI is InChI=1S/C22H29N7O3S/c1-3-29(4-2)33(31,32)18-7-5-6-17(14-18)26-20(30)15-27-10-12-28(13-11-27)22-19-8-9-23-21(19)24-16-25-22/h5-9,14,16H,3-4,10-13,15H2,1-2H3,(H,26,30)(H,23,24,25). The van der Waals surface area contributed by atoms with E-state index in [4.69, 9.17) is 0 Å². The van der Waals surface area contributed by atoms with Crippen molar-refractivity contribution >= 4 is 38.5 Å². The molecule has 33 heavy (non-hydrogen) atoms. The highest BCUT2D eigenvalue weighted by molar-refractivity contribution is 7.89. The van der Waals surface area contributed by atoms with Crippen LogP contribution < -0.4 is 10.2 Å². The van der Waals surface area contributed by atoms with Gasteiger partial charge >= 0.3 is 0 Å². The molecule has 0 spiro atoms. The van der Waals surface area contributed by atoms with Crippen LogP contribution in [-0.4, -0.2) is 84.3 Å². The fraction of sp³-hybridized carbons (Fsp3) is 0.409. The van der Waals surface area contributed by atoms with Gasteiger partial charge in [0.1, 0.15) is 17.8 Å².